The van der Waals surface area contributed by atoms with Gasteiger partial charge in [0.25, 0.3) is 0 Å². The molecule has 172 valence electrons. The molecular weight excluding hydrogens is 396 g/mol. The van der Waals surface area contributed by atoms with E-state index in [1.807, 2.05) is 0 Å². The van der Waals surface area contributed by atoms with Crippen LogP contribution >= 0.6 is 0 Å². The number of hydrogen-bond acceptors (Lipinski definition) is 8. The number of hydrogen-bond donors (Lipinski definition) is 2. The van der Waals surface area contributed by atoms with E-state index in [1.165, 1.54) is 14.2 Å². The van der Waals surface area contributed by atoms with Gasteiger partial charge in [0.2, 0.25) is 0 Å². The Kier molecular flexibility index (Phi) is 10.9. The van der Waals surface area contributed by atoms with Crippen molar-refractivity contribution in [2.45, 2.75) is 77.7 Å². The van der Waals surface area contributed by atoms with Gasteiger partial charge in [0.05, 0.1) is 14.2 Å². The number of esters is 2. The van der Waals surface area contributed by atoms with Crippen molar-refractivity contribution in [2.75, 3.05) is 14.2 Å². The Bertz CT molecular complexity index is 578. The number of methoxy groups -OCH3 is 2. The van der Waals surface area contributed by atoms with Gasteiger partial charge < -0.3 is 29.6 Å². The van der Waals surface area contributed by atoms with Crippen molar-refractivity contribution in [2.24, 2.45) is 0 Å². The third-order valence-corrected chi connectivity index (χ3v) is 3.26. The summed E-state index contributed by atoms with van der Waals surface area (Å²) < 4.78 is 19.6. The normalized spacial score (nSPS) is 13.7. The zero-order valence-electron chi connectivity index (χ0n) is 19.0. The average Bonchev–Trinajstić information content (AvgIpc) is 2.58. The van der Waals surface area contributed by atoms with Gasteiger partial charge in [0, 0.05) is 0 Å². The molecule has 0 aliphatic carbocycles. The first-order valence-electron chi connectivity index (χ1n) is 9.48. The molecule has 0 aromatic rings. The van der Waals surface area contributed by atoms with Crippen LogP contribution in [0.15, 0.2) is 12.2 Å². The third-order valence-electron chi connectivity index (χ3n) is 3.26. The van der Waals surface area contributed by atoms with Crippen molar-refractivity contribution in [1.82, 2.24) is 10.6 Å². The van der Waals surface area contributed by atoms with Crippen molar-refractivity contribution >= 4 is 24.1 Å². The molecule has 10 nitrogen and oxygen atoms in total. The number of rotatable bonds is 8. The maximum atomic E-state index is 11.9. The standard InChI is InChI=1S/C20H34N2O8/c1-19(2,3)29-17(25)21-13(15(23)27-7)11-9-10-12-14(16(24)28-8)22-18(26)30-20(4,5)6/h9-10,13-14H,11-12H2,1-8H3,(H,21,25)(H,22,26)/b10-9-/t13-,14-/m0/s1. The van der Waals surface area contributed by atoms with Crippen LogP contribution in [0.1, 0.15) is 54.4 Å². The fourth-order valence-corrected chi connectivity index (χ4v) is 2.08. The van der Waals surface area contributed by atoms with Crippen molar-refractivity contribution in [1.29, 1.82) is 0 Å². The van der Waals surface area contributed by atoms with E-state index in [0.717, 1.165) is 0 Å². The van der Waals surface area contributed by atoms with Crippen LogP contribution in [0.25, 0.3) is 0 Å². The Morgan fingerprint density at radius 3 is 1.23 bits per heavy atom. The highest BCUT2D eigenvalue weighted by Crippen LogP contribution is 2.09. The SMILES string of the molecule is COC(=O)[C@H](C/C=C\C[C@H](NC(=O)OC(C)(C)C)C(=O)OC)NC(=O)OC(C)(C)C. The third kappa shape index (κ3) is 12.6. The lowest BCUT2D eigenvalue weighted by molar-refractivity contribution is -0.143. The van der Waals surface area contributed by atoms with Crippen molar-refractivity contribution < 1.29 is 38.1 Å². The molecule has 10 heteroatoms. The van der Waals surface area contributed by atoms with E-state index in [9.17, 15) is 19.2 Å². The molecule has 0 aliphatic rings. The fraction of sp³-hybridized carbons (Fsp3) is 0.700. The van der Waals surface area contributed by atoms with Crippen LogP contribution in [0.3, 0.4) is 0 Å². The Morgan fingerprint density at radius 2 is 1.00 bits per heavy atom. The minimum absolute atomic E-state index is 0.0895. The number of nitrogens with one attached hydrogen (secondary N) is 2. The monoisotopic (exact) mass is 430 g/mol. The van der Waals surface area contributed by atoms with E-state index in [-0.39, 0.29) is 12.8 Å². The lowest BCUT2D eigenvalue weighted by Gasteiger charge is -2.22. The van der Waals surface area contributed by atoms with Crippen LogP contribution in [0.2, 0.25) is 0 Å². The summed E-state index contributed by atoms with van der Waals surface area (Å²) in [6.45, 7) is 10.2. The largest absolute Gasteiger partial charge is 0.467 e. The second-order valence-corrected chi connectivity index (χ2v) is 8.39. The molecule has 0 fully saturated rings. The summed E-state index contributed by atoms with van der Waals surface area (Å²) in [4.78, 5) is 47.6. The summed E-state index contributed by atoms with van der Waals surface area (Å²) in [5, 5.41) is 4.87. The lowest BCUT2D eigenvalue weighted by Crippen LogP contribution is -2.44. The zero-order valence-corrected chi connectivity index (χ0v) is 19.0. The van der Waals surface area contributed by atoms with Crippen LogP contribution in [0, 0.1) is 0 Å². The van der Waals surface area contributed by atoms with Gasteiger partial charge >= 0.3 is 24.1 Å². The Morgan fingerprint density at radius 1 is 0.700 bits per heavy atom. The topological polar surface area (TPSA) is 129 Å². The highest BCUT2D eigenvalue weighted by molar-refractivity contribution is 5.82. The van der Waals surface area contributed by atoms with Gasteiger partial charge in [0.15, 0.2) is 0 Å². The highest BCUT2D eigenvalue weighted by Gasteiger charge is 2.25. The minimum atomic E-state index is -0.975. The molecule has 0 saturated heterocycles. The molecule has 0 radical (unpaired) electrons. The van der Waals surface area contributed by atoms with Gasteiger partial charge in [-0.05, 0) is 54.4 Å². The highest BCUT2D eigenvalue weighted by atomic mass is 16.6. The molecule has 0 heterocycles. The maximum Gasteiger partial charge on any atom is 0.408 e. The quantitative estimate of drug-likeness (QED) is 0.341. The summed E-state index contributed by atoms with van der Waals surface area (Å²) in [6.07, 6.45) is 1.81. The predicted molar refractivity (Wildman–Crippen MR) is 109 cm³/mol. The number of carbonyl (C=O) groups is 4. The molecule has 0 aromatic carbocycles. The maximum absolute atomic E-state index is 11.9. The van der Waals surface area contributed by atoms with E-state index >= 15 is 0 Å². The Balaban J connectivity index is 4.95. The molecule has 0 saturated carbocycles. The van der Waals surface area contributed by atoms with E-state index in [4.69, 9.17) is 9.47 Å². The Hall–Kier alpha value is -2.78. The zero-order chi connectivity index (χ0) is 23.5. The summed E-state index contributed by atoms with van der Waals surface area (Å²) >= 11 is 0. The van der Waals surface area contributed by atoms with E-state index in [1.54, 1.807) is 53.7 Å². The molecule has 2 N–H and O–H groups in total. The first-order valence-corrected chi connectivity index (χ1v) is 9.48. The van der Waals surface area contributed by atoms with Crippen molar-refractivity contribution in [3.63, 3.8) is 0 Å². The van der Waals surface area contributed by atoms with Gasteiger partial charge in [0.1, 0.15) is 23.3 Å². The molecule has 2 amide bonds. The van der Waals surface area contributed by atoms with Gasteiger partial charge in [-0.2, -0.15) is 0 Å². The van der Waals surface area contributed by atoms with Crippen LogP contribution in [-0.4, -0.2) is 61.6 Å². The summed E-state index contributed by atoms with van der Waals surface area (Å²) in [6, 6.07) is -1.95. The van der Waals surface area contributed by atoms with Crippen LogP contribution < -0.4 is 10.6 Å². The van der Waals surface area contributed by atoms with Gasteiger partial charge in [-0.3, -0.25) is 0 Å². The first kappa shape index (κ1) is 27.2. The van der Waals surface area contributed by atoms with E-state index < -0.39 is 47.4 Å². The number of amides is 2. The van der Waals surface area contributed by atoms with Crippen LogP contribution in [-0.2, 0) is 28.5 Å². The second kappa shape index (κ2) is 12.0. The van der Waals surface area contributed by atoms with E-state index in [0.29, 0.717) is 0 Å². The molecule has 0 unspecified atom stereocenters. The van der Waals surface area contributed by atoms with Crippen LogP contribution in [0.5, 0.6) is 0 Å². The van der Waals surface area contributed by atoms with Crippen LogP contribution in [0.4, 0.5) is 9.59 Å². The number of alkyl carbamates (subject to hydrolysis) is 2. The van der Waals surface area contributed by atoms with E-state index in [2.05, 4.69) is 20.1 Å². The first-order chi connectivity index (χ1) is 13.7. The summed E-state index contributed by atoms with van der Waals surface area (Å²) in [5.41, 5.74) is -1.44. The molecule has 0 aliphatic heterocycles. The molecule has 30 heavy (non-hydrogen) atoms. The predicted octanol–water partition coefficient (Wildman–Crippen LogP) is 2.46. The lowest BCUT2D eigenvalue weighted by atomic mass is 10.1. The summed E-state index contributed by atoms with van der Waals surface area (Å²) in [7, 11) is 2.40. The second-order valence-electron chi connectivity index (χ2n) is 8.39. The van der Waals surface area contributed by atoms with Crippen molar-refractivity contribution in [3.05, 3.63) is 12.2 Å². The molecular formula is C20H34N2O8. The van der Waals surface area contributed by atoms with Crippen molar-refractivity contribution in [3.8, 4) is 0 Å². The Labute approximate surface area is 177 Å². The molecule has 0 rings (SSSR count). The number of carbonyl (C=O) groups excluding carboxylic acids is 4. The average molecular weight is 430 g/mol. The minimum Gasteiger partial charge on any atom is -0.467 e. The molecule has 0 spiro atoms. The van der Waals surface area contributed by atoms with Gasteiger partial charge in [-0.15, -0.1) is 0 Å². The number of ether oxygens (including phenoxy) is 4. The molecule has 0 aromatic heterocycles. The molecule has 0 bridgehead atoms. The van der Waals surface area contributed by atoms with Gasteiger partial charge in [-0.25, -0.2) is 19.2 Å². The summed E-state index contributed by atoms with van der Waals surface area (Å²) in [5.74, 6) is -1.30. The fourth-order valence-electron chi connectivity index (χ4n) is 2.08. The smallest absolute Gasteiger partial charge is 0.408 e. The van der Waals surface area contributed by atoms with Gasteiger partial charge in [-0.1, -0.05) is 12.2 Å². The molecule has 2 atom stereocenters.